The Kier molecular flexibility index (Phi) is 3.20. The van der Waals surface area contributed by atoms with Gasteiger partial charge in [-0.15, -0.1) is 0 Å². The van der Waals surface area contributed by atoms with E-state index in [1.807, 2.05) is 0 Å². The van der Waals surface area contributed by atoms with Gasteiger partial charge in [-0.2, -0.15) is 0 Å². The third kappa shape index (κ3) is 2.50. The topological polar surface area (TPSA) is 35.2 Å². The van der Waals surface area contributed by atoms with E-state index in [2.05, 4.69) is 0 Å². The quantitative estimate of drug-likeness (QED) is 0.814. The van der Waals surface area contributed by atoms with Crippen LogP contribution in [0.15, 0.2) is 36.4 Å². The van der Waals surface area contributed by atoms with E-state index < -0.39 is 0 Å². The molecule has 0 saturated carbocycles. The largest absolute Gasteiger partial charge is 0.454 e. The van der Waals surface area contributed by atoms with Crippen LogP contribution in [0.3, 0.4) is 0 Å². The number of hydrogen-bond acceptors (Lipinski definition) is 2. The maximum atomic E-state index is 13.1. The van der Waals surface area contributed by atoms with E-state index in [1.54, 1.807) is 31.2 Å². The predicted octanol–water partition coefficient (Wildman–Crippen LogP) is 4.16. The van der Waals surface area contributed by atoms with Gasteiger partial charge in [0.05, 0.1) is 10.7 Å². The van der Waals surface area contributed by atoms with Crippen LogP contribution in [-0.2, 0) is 0 Å². The van der Waals surface area contributed by atoms with Crippen LogP contribution in [0, 0.1) is 12.7 Å². The van der Waals surface area contributed by atoms with Crippen molar-refractivity contribution in [2.24, 2.45) is 0 Å². The molecule has 4 heteroatoms. The molecule has 0 aliphatic carbocycles. The maximum absolute atomic E-state index is 13.1. The highest BCUT2D eigenvalue weighted by atomic mass is 35.5. The number of nitrogens with two attached hydrogens (primary N) is 1. The number of benzene rings is 2. The third-order valence-corrected chi connectivity index (χ3v) is 2.64. The number of hydrogen-bond donors (Lipinski definition) is 1. The minimum atomic E-state index is -0.274. The number of anilines is 1. The van der Waals surface area contributed by atoms with E-state index >= 15 is 0 Å². The van der Waals surface area contributed by atoms with Gasteiger partial charge in [0.25, 0.3) is 0 Å². The van der Waals surface area contributed by atoms with Gasteiger partial charge in [0.15, 0.2) is 5.75 Å². The molecular weight excluding hydrogens is 241 g/mol. The highest BCUT2D eigenvalue weighted by molar-refractivity contribution is 6.32. The first-order chi connectivity index (χ1) is 8.08. The summed E-state index contributed by atoms with van der Waals surface area (Å²) in [7, 11) is 0. The van der Waals surface area contributed by atoms with Gasteiger partial charge in [-0.3, -0.25) is 0 Å². The fourth-order valence-electron chi connectivity index (χ4n) is 1.43. The standard InChI is InChI=1S/C13H11ClFNO/c1-8-7-9(5-6-11(8)15)17-13-10(14)3-2-4-12(13)16/h2-7H,16H2,1H3. The van der Waals surface area contributed by atoms with Gasteiger partial charge in [-0.25, -0.2) is 4.39 Å². The zero-order chi connectivity index (χ0) is 12.4. The molecule has 0 saturated heterocycles. The Hall–Kier alpha value is -1.74. The van der Waals surface area contributed by atoms with E-state index in [-0.39, 0.29) is 5.82 Å². The summed E-state index contributed by atoms with van der Waals surface area (Å²) in [6.07, 6.45) is 0. The highest BCUT2D eigenvalue weighted by Crippen LogP contribution is 2.34. The summed E-state index contributed by atoms with van der Waals surface area (Å²) >= 11 is 5.97. The number of nitrogen functional groups attached to an aromatic ring is 1. The lowest BCUT2D eigenvalue weighted by Crippen LogP contribution is -1.93. The van der Waals surface area contributed by atoms with E-state index in [1.165, 1.54) is 12.1 Å². The Morgan fingerprint density at radius 3 is 2.65 bits per heavy atom. The molecule has 0 heterocycles. The smallest absolute Gasteiger partial charge is 0.168 e. The summed E-state index contributed by atoms with van der Waals surface area (Å²) in [4.78, 5) is 0. The number of halogens is 2. The number of aryl methyl sites for hydroxylation is 1. The lowest BCUT2D eigenvalue weighted by molar-refractivity contribution is 0.482. The molecule has 2 rings (SSSR count). The van der Waals surface area contributed by atoms with Gasteiger partial charge in [-0.1, -0.05) is 17.7 Å². The van der Waals surface area contributed by atoms with Crippen molar-refractivity contribution < 1.29 is 9.13 Å². The van der Waals surface area contributed by atoms with E-state index in [0.29, 0.717) is 27.8 Å². The van der Waals surface area contributed by atoms with Gasteiger partial charge >= 0.3 is 0 Å². The van der Waals surface area contributed by atoms with Gasteiger partial charge in [0.1, 0.15) is 11.6 Å². The maximum Gasteiger partial charge on any atom is 0.168 e. The number of ether oxygens (including phenoxy) is 1. The monoisotopic (exact) mass is 251 g/mol. The molecule has 0 fully saturated rings. The molecule has 2 nitrogen and oxygen atoms in total. The molecule has 0 unspecified atom stereocenters. The number of para-hydroxylation sites is 1. The van der Waals surface area contributed by atoms with Crippen molar-refractivity contribution in [3.8, 4) is 11.5 Å². The summed E-state index contributed by atoms with van der Waals surface area (Å²) in [5.74, 6) is 0.619. The average molecular weight is 252 g/mol. The molecule has 2 aromatic carbocycles. The summed E-state index contributed by atoms with van der Waals surface area (Å²) in [5.41, 5.74) is 6.71. The highest BCUT2D eigenvalue weighted by Gasteiger charge is 2.08. The van der Waals surface area contributed by atoms with Crippen molar-refractivity contribution in [1.29, 1.82) is 0 Å². The fourth-order valence-corrected chi connectivity index (χ4v) is 1.65. The average Bonchev–Trinajstić information content (AvgIpc) is 2.28. The van der Waals surface area contributed by atoms with E-state index in [9.17, 15) is 4.39 Å². The molecule has 0 aromatic heterocycles. The Labute approximate surface area is 104 Å². The Morgan fingerprint density at radius 2 is 2.00 bits per heavy atom. The second kappa shape index (κ2) is 4.63. The van der Waals surface area contributed by atoms with Crippen LogP contribution < -0.4 is 10.5 Å². The fraction of sp³-hybridized carbons (Fsp3) is 0.0769. The molecule has 2 aromatic rings. The van der Waals surface area contributed by atoms with Crippen LogP contribution >= 0.6 is 11.6 Å². The Morgan fingerprint density at radius 1 is 1.24 bits per heavy atom. The van der Waals surface area contributed by atoms with Crippen LogP contribution in [0.1, 0.15) is 5.56 Å². The molecule has 17 heavy (non-hydrogen) atoms. The molecule has 2 N–H and O–H groups in total. The molecule has 0 radical (unpaired) electrons. The first kappa shape index (κ1) is 11.7. The molecule has 0 spiro atoms. The van der Waals surface area contributed by atoms with Crippen molar-refractivity contribution in [2.45, 2.75) is 6.92 Å². The summed E-state index contributed by atoms with van der Waals surface area (Å²) in [6.45, 7) is 1.66. The molecule has 0 bridgehead atoms. The van der Waals surface area contributed by atoms with Crippen LogP contribution in [0.4, 0.5) is 10.1 Å². The van der Waals surface area contributed by atoms with Crippen LogP contribution in [-0.4, -0.2) is 0 Å². The van der Waals surface area contributed by atoms with Crippen molar-refractivity contribution >= 4 is 17.3 Å². The summed E-state index contributed by atoms with van der Waals surface area (Å²) in [6, 6.07) is 9.59. The van der Waals surface area contributed by atoms with Gasteiger partial charge in [-0.05, 0) is 42.8 Å². The van der Waals surface area contributed by atoms with Crippen LogP contribution in [0.25, 0.3) is 0 Å². The van der Waals surface area contributed by atoms with Crippen LogP contribution in [0.5, 0.6) is 11.5 Å². The van der Waals surface area contributed by atoms with Gasteiger partial charge in [0, 0.05) is 0 Å². The molecular formula is C13H11ClFNO. The van der Waals surface area contributed by atoms with E-state index in [0.717, 1.165) is 0 Å². The SMILES string of the molecule is Cc1cc(Oc2c(N)cccc2Cl)ccc1F. The zero-order valence-corrected chi connectivity index (χ0v) is 9.96. The molecule has 0 aliphatic heterocycles. The predicted molar refractivity (Wildman–Crippen MR) is 67.1 cm³/mol. The van der Waals surface area contributed by atoms with Crippen molar-refractivity contribution in [1.82, 2.24) is 0 Å². The van der Waals surface area contributed by atoms with Crippen molar-refractivity contribution in [2.75, 3.05) is 5.73 Å². The lowest BCUT2D eigenvalue weighted by Gasteiger charge is -2.10. The second-order valence-electron chi connectivity index (χ2n) is 3.67. The van der Waals surface area contributed by atoms with Gasteiger partial charge < -0.3 is 10.5 Å². The van der Waals surface area contributed by atoms with E-state index in [4.69, 9.17) is 22.1 Å². The molecule has 0 amide bonds. The van der Waals surface area contributed by atoms with Crippen molar-refractivity contribution in [3.05, 3.63) is 52.8 Å². The lowest BCUT2D eigenvalue weighted by atomic mass is 10.2. The van der Waals surface area contributed by atoms with Crippen molar-refractivity contribution in [3.63, 3.8) is 0 Å². The molecule has 0 atom stereocenters. The molecule has 88 valence electrons. The minimum Gasteiger partial charge on any atom is -0.454 e. The summed E-state index contributed by atoms with van der Waals surface area (Å²) < 4.78 is 18.6. The Bertz CT molecular complexity index is 537. The van der Waals surface area contributed by atoms with Crippen LogP contribution in [0.2, 0.25) is 5.02 Å². The normalized spacial score (nSPS) is 10.3. The molecule has 0 aliphatic rings. The third-order valence-electron chi connectivity index (χ3n) is 2.35. The Balaban J connectivity index is 2.35. The second-order valence-corrected chi connectivity index (χ2v) is 4.08. The van der Waals surface area contributed by atoms with Gasteiger partial charge in [0.2, 0.25) is 0 Å². The zero-order valence-electron chi connectivity index (χ0n) is 9.21. The first-order valence-electron chi connectivity index (χ1n) is 5.06. The first-order valence-corrected chi connectivity index (χ1v) is 5.43. The minimum absolute atomic E-state index is 0.274. The summed E-state index contributed by atoms with van der Waals surface area (Å²) in [5, 5.41) is 0.423. The number of rotatable bonds is 2.